The van der Waals surface area contributed by atoms with Crippen LogP contribution in [-0.4, -0.2) is 73.1 Å². The van der Waals surface area contributed by atoms with Crippen molar-refractivity contribution in [1.29, 1.82) is 0 Å². The Bertz CT molecular complexity index is 1060. The Morgan fingerprint density at radius 2 is 1.00 bits per heavy atom. The average molecular weight is 497 g/mol. The highest BCUT2D eigenvalue weighted by molar-refractivity contribution is 5.92. The standard InChI is InChI=1S/C26H28N2O8/c1-15(29)35-23-21(17-5-9-19(33-3)10-6-17)27(25(23)31)13-14-28-22(24(26(28)32)36-16(2)30)18-7-11-20(34-4)12-8-18/h5-12,21-24H,13-14H2,1-4H3/t21-,22+,23+,24-. The number of benzene rings is 2. The molecule has 2 heterocycles. The molecule has 2 aromatic carbocycles. The molecule has 2 saturated heterocycles. The lowest BCUT2D eigenvalue weighted by Gasteiger charge is -2.50. The first-order valence-corrected chi connectivity index (χ1v) is 11.5. The highest BCUT2D eigenvalue weighted by Crippen LogP contribution is 2.40. The second-order valence-electron chi connectivity index (χ2n) is 8.56. The van der Waals surface area contributed by atoms with Crippen LogP contribution in [-0.2, 0) is 28.7 Å². The van der Waals surface area contributed by atoms with Crippen LogP contribution in [0.3, 0.4) is 0 Å². The number of amides is 2. The lowest BCUT2D eigenvalue weighted by Crippen LogP contribution is -2.65. The van der Waals surface area contributed by atoms with Gasteiger partial charge in [-0.2, -0.15) is 0 Å². The van der Waals surface area contributed by atoms with Crippen LogP contribution in [0, 0.1) is 0 Å². The molecule has 10 nitrogen and oxygen atoms in total. The van der Waals surface area contributed by atoms with E-state index in [-0.39, 0.29) is 24.9 Å². The van der Waals surface area contributed by atoms with Crippen molar-refractivity contribution in [3.63, 3.8) is 0 Å². The Balaban J connectivity index is 1.52. The van der Waals surface area contributed by atoms with Gasteiger partial charge in [-0.15, -0.1) is 0 Å². The number of rotatable bonds is 9. The summed E-state index contributed by atoms with van der Waals surface area (Å²) in [5.74, 6) is -0.454. The molecule has 0 unspecified atom stereocenters. The van der Waals surface area contributed by atoms with Gasteiger partial charge in [0.1, 0.15) is 23.6 Å². The maximum Gasteiger partial charge on any atom is 0.303 e. The Hall–Kier alpha value is -4.08. The minimum absolute atomic E-state index is 0.207. The third kappa shape index (κ3) is 4.71. The fraction of sp³-hybridized carbons (Fsp3) is 0.385. The summed E-state index contributed by atoms with van der Waals surface area (Å²) in [4.78, 5) is 52.1. The highest BCUT2D eigenvalue weighted by atomic mass is 16.6. The predicted molar refractivity (Wildman–Crippen MR) is 126 cm³/mol. The predicted octanol–water partition coefficient (Wildman–Crippen LogP) is 2.03. The summed E-state index contributed by atoms with van der Waals surface area (Å²) in [5, 5.41) is 0. The van der Waals surface area contributed by atoms with Crippen LogP contribution in [0.15, 0.2) is 48.5 Å². The second-order valence-corrected chi connectivity index (χ2v) is 8.56. The zero-order chi connectivity index (χ0) is 26.0. The molecule has 10 heteroatoms. The Kier molecular flexibility index (Phi) is 7.14. The van der Waals surface area contributed by atoms with Crippen molar-refractivity contribution < 1.29 is 38.1 Å². The number of likely N-dealkylation sites (tertiary alicyclic amines) is 2. The fourth-order valence-electron chi connectivity index (χ4n) is 4.65. The number of hydrogen-bond donors (Lipinski definition) is 0. The minimum Gasteiger partial charge on any atom is -0.497 e. The molecular formula is C26H28N2O8. The van der Waals surface area contributed by atoms with Crippen LogP contribution in [0.5, 0.6) is 11.5 Å². The average Bonchev–Trinajstić information content (AvgIpc) is 2.88. The first-order chi connectivity index (χ1) is 17.2. The lowest BCUT2D eigenvalue weighted by atomic mass is 9.88. The van der Waals surface area contributed by atoms with E-state index in [1.54, 1.807) is 48.3 Å². The molecule has 0 spiro atoms. The van der Waals surface area contributed by atoms with Gasteiger partial charge in [0.2, 0.25) is 12.2 Å². The third-order valence-corrected chi connectivity index (χ3v) is 6.38. The van der Waals surface area contributed by atoms with Gasteiger partial charge in [0.05, 0.1) is 14.2 Å². The van der Waals surface area contributed by atoms with Crippen LogP contribution < -0.4 is 9.47 Å². The molecule has 2 amide bonds. The summed E-state index contributed by atoms with van der Waals surface area (Å²) >= 11 is 0. The normalized spacial score (nSPS) is 22.9. The molecule has 2 aliphatic rings. The number of ether oxygens (including phenoxy) is 4. The smallest absolute Gasteiger partial charge is 0.303 e. The number of nitrogens with zero attached hydrogens (tertiary/aromatic N) is 2. The van der Waals surface area contributed by atoms with E-state index in [2.05, 4.69) is 0 Å². The molecule has 190 valence electrons. The molecule has 0 bridgehead atoms. The molecule has 0 aromatic heterocycles. The van der Waals surface area contributed by atoms with E-state index >= 15 is 0 Å². The molecule has 4 atom stereocenters. The van der Waals surface area contributed by atoms with Gasteiger partial charge in [-0.3, -0.25) is 19.2 Å². The van der Waals surface area contributed by atoms with Gasteiger partial charge in [-0.1, -0.05) is 24.3 Å². The molecule has 0 saturated carbocycles. The first kappa shape index (κ1) is 25.0. The van der Waals surface area contributed by atoms with Crippen LogP contribution in [0.25, 0.3) is 0 Å². The number of methoxy groups -OCH3 is 2. The summed E-state index contributed by atoms with van der Waals surface area (Å²) in [5.41, 5.74) is 1.56. The largest absolute Gasteiger partial charge is 0.497 e. The number of esters is 2. The van der Waals surface area contributed by atoms with Crippen molar-refractivity contribution >= 4 is 23.8 Å². The highest BCUT2D eigenvalue weighted by Gasteiger charge is 2.53. The fourth-order valence-corrected chi connectivity index (χ4v) is 4.65. The minimum atomic E-state index is -0.936. The van der Waals surface area contributed by atoms with Crippen LogP contribution in [0.4, 0.5) is 0 Å². The molecule has 2 aliphatic heterocycles. The number of β-lactam (4-membered cyclic amide) rings is 2. The molecule has 0 N–H and O–H groups in total. The van der Waals surface area contributed by atoms with E-state index in [9.17, 15) is 19.2 Å². The van der Waals surface area contributed by atoms with E-state index < -0.39 is 36.2 Å². The Morgan fingerprint density at radius 1 is 0.667 bits per heavy atom. The zero-order valence-electron chi connectivity index (χ0n) is 20.5. The van der Waals surface area contributed by atoms with Crippen LogP contribution >= 0.6 is 0 Å². The summed E-state index contributed by atoms with van der Waals surface area (Å²) in [6, 6.07) is 13.3. The van der Waals surface area contributed by atoms with Crippen molar-refractivity contribution in [3.8, 4) is 11.5 Å². The maximum absolute atomic E-state index is 12.9. The van der Waals surface area contributed by atoms with E-state index in [0.29, 0.717) is 11.5 Å². The zero-order valence-corrected chi connectivity index (χ0v) is 20.5. The summed E-state index contributed by atoms with van der Waals surface area (Å²) in [6.07, 6.45) is -1.87. The summed E-state index contributed by atoms with van der Waals surface area (Å²) in [7, 11) is 3.12. The van der Waals surface area contributed by atoms with Crippen molar-refractivity contribution in [2.24, 2.45) is 0 Å². The van der Waals surface area contributed by atoms with Gasteiger partial charge in [0.25, 0.3) is 11.8 Å². The molecule has 4 rings (SSSR count). The number of hydrogen-bond acceptors (Lipinski definition) is 8. The van der Waals surface area contributed by atoms with E-state index in [0.717, 1.165) is 11.1 Å². The third-order valence-electron chi connectivity index (χ3n) is 6.38. The second kappa shape index (κ2) is 10.3. The van der Waals surface area contributed by atoms with Gasteiger partial charge in [0, 0.05) is 26.9 Å². The van der Waals surface area contributed by atoms with Crippen molar-refractivity contribution in [2.75, 3.05) is 27.3 Å². The first-order valence-electron chi connectivity index (χ1n) is 11.5. The Morgan fingerprint density at radius 3 is 1.28 bits per heavy atom. The number of carbonyl (C=O) groups is 4. The van der Waals surface area contributed by atoms with Gasteiger partial charge >= 0.3 is 11.9 Å². The van der Waals surface area contributed by atoms with Gasteiger partial charge in [0.15, 0.2) is 0 Å². The molecule has 0 radical (unpaired) electrons. The monoisotopic (exact) mass is 496 g/mol. The number of carbonyl (C=O) groups excluding carboxylic acids is 4. The van der Waals surface area contributed by atoms with Crippen molar-refractivity contribution in [2.45, 2.75) is 38.1 Å². The van der Waals surface area contributed by atoms with Crippen LogP contribution in [0.2, 0.25) is 0 Å². The molecular weight excluding hydrogens is 468 g/mol. The van der Waals surface area contributed by atoms with Gasteiger partial charge in [-0.05, 0) is 35.4 Å². The van der Waals surface area contributed by atoms with Gasteiger partial charge < -0.3 is 28.7 Å². The van der Waals surface area contributed by atoms with Crippen LogP contribution in [0.1, 0.15) is 37.1 Å². The quantitative estimate of drug-likeness (QED) is 0.383. The summed E-state index contributed by atoms with van der Waals surface area (Å²) in [6.45, 7) is 2.93. The molecule has 2 aromatic rings. The van der Waals surface area contributed by atoms with Crippen molar-refractivity contribution in [3.05, 3.63) is 59.7 Å². The lowest BCUT2D eigenvalue weighted by molar-refractivity contribution is -0.189. The van der Waals surface area contributed by atoms with E-state index in [1.807, 2.05) is 24.3 Å². The van der Waals surface area contributed by atoms with E-state index in [1.165, 1.54) is 13.8 Å². The Labute approximate surface area is 208 Å². The molecule has 2 fully saturated rings. The summed E-state index contributed by atoms with van der Waals surface area (Å²) < 4.78 is 21.0. The van der Waals surface area contributed by atoms with Crippen molar-refractivity contribution in [1.82, 2.24) is 9.80 Å². The van der Waals surface area contributed by atoms with Gasteiger partial charge in [-0.25, -0.2) is 0 Å². The SMILES string of the molecule is COc1ccc([C@@H]2[C@H](OC(C)=O)C(=O)N2CCN2C(=O)[C@H](OC(C)=O)[C@@H]2c2ccc(OC)cc2)cc1. The van der Waals surface area contributed by atoms with E-state index in [4.69, 9.17) is 18.9 Å². The molecule has 36 heavy (non-hydrogen) atoms. The maximum atomic E-state index is 12.9. The topological polar surface area (TPSA) is 112 Å². The molecule has 0 aliphatic carbocycles.